The molecule has 4 heterocycles. The molecule has 2 aromatic rings. The Balaban J connectivity index is 1.38. The Morgan fingerprint density at radius 3 is 2.90 bits per heavy atom. The highest BCUT2D eigenvalue weighted by atomic mass is 16.7. The minimum atomic E-state index is -0.111. The van der Waals surface area contributed by atoms with Crippen molar-refractivity contribution in [3.63, 3.8) is 0 Å². The van der Waals surface area contributed by atoms with E-state index in [1.807, 2.05) is 33.7 Å². The van der Waals surface area contributed by atoms with Crippen LogP contribution in [0.2, 0.25) is 0 Å². The Morgan fingerprint density at radius 2 is 2.03 bits per heavy atom. The van der Waals surface area contributed by atoms with Gasteiger partial charge < -0.3 is 24.3 Å². The number of urea groups is 1. The molecule has 152 valence electrons. The summed E-state index contributed by atoms with van der Waals surface area (Å²) >= 11 is 0. The van der Waals surface area contributed by atoms with Crippen LogP contribution in [0.3, 0.4) is 0 Å². The van der Waals surface area contributed by atoms with Crippen LogP contribution >= 0.6 is 0 Å². The van der Waals surface area contributed by atoms with E-state index < -0.39 is 0 Å². The smallest absolute Gasteiger partial charge is 0.321 e. The minimum Gasteiger partial charge on any atom is -0.454 e. The van der Waals surface area contributed by atoms with Gasteiger partial charge in [0.2, 0.25) is 6.79 Å². The number of hydrogen-bond acceptors (Lipinski definition) is 4. The number of carbonyl (C=O) groups excluding carboxylic acids is 1. The quantitative estimate of drug-likeness (QED) is 0.862. The van der Waals surface area contributed by atoms with Gasteiger partial charge in [0.1, 0.15) is 0 Å². The van der Waals surface area contributed by atoms with Crippen molar-refractivity contribution in [2.75, 3.05) is 25.2 Å². The molecule has 0 saturated carbocycles. The summed E-state index contributed by atoms with van der Waals surface area (Å²) in [4.78, 5) is 27.5. The summed E-state index contributed by atoms with van der Waals surface area (Å²) in [6, 6.07) is 11.0. The molecule has 1 saturated heterocycles. The first-order chi connectivity index (χ1) is 14.1. The number of ether oxygens (including phenoxy) is 2. The van der Waals surface area contributed by atoms with Gasteiger partial charge in [-0.3, -0.25) is 4.79 Å². The van der Waals surface area contributed by atoms with Crippen LogP contribution in [0.25, 0.3) is 0 Å². The number of likely N-dealkylation sites (tertiary alicyclic amines) is 1. The number of carbonyl (C=O) groups is 1. The molecule has 3 aliphatic heterocycles. The Labute approximate surface area is 169 Å². The van der Waals surface area contributed by atoms with Crippen molar-refractivity contribution >= 4 is 11.7 Å². The standard InChI is InChI=1S/C22H25N3O4/c1-2-4-17-14-9-15(18-5-3-6-21(26)25(17)18)12-24(11-14)22(27)23-16-7-8-19-20(10-16)29-13-28-19/h3,5-8,10,14-15,17H,2,4,9,11-13H2,1H3,(H,23,27)/t14-,15+,17-/m0/s1. The second-order valence-electron chi connectivity index (χ2n) is 8.11. The number of benzene rings is 1. The fourth-order valence-corrected chi connectivity index (χ4v) is 5.05. The highest BCUT2D eigenvalue weighted by Crippen LogP contribution is 2.43. The van der Waals surface area contributed by atoms with Crippen LogP contribution in [0.15, 0.2) is 41.2 Å². The number of nitrogens with zero attached hydrogens (tertiary/aromatic N) is 2. The third-order valence-corrected chi connectivity index (χ3v) is 6.29. The van der Waals surface area contributed by atoms with Gasteiger partial charge in [-0.25, -0.2) is 4.79 Å². The van der Waals surface area contributed by atoms with E-state index in [1.165, 1.54) is 0 Å². The second kappa shape index (κ2) is 7.13. The van der Waals surface area contributed by atoms with Crippen LogP contribution < -0.4 is 20.3 Å². The van der Waals surface area contributed by atoms with Gasteiger partial charge in [0.15, 0.2) is 11.5 Å². The van der Waals surface area contributed by atoms with Gasteiger partial charge in [-0.15, -0.1) is 0 Å². The second-order valence-corrected chi connectivity index (χ2v) is 8.11. The lowest BCUT2D eigenvalue weighted by Gasteiger charge is -2.47. The molecule has 1 aromatic heterocycles. The van der Waals surface area contributed by atoms with Crippen molar-refractivity contribution in [2.45, 2.75) is 38.1 Å². The van der Waals surface area contributed by atoms with Gasteiger partial charge in [-0.1, -0.05) is 19.4 Å². The van der Waals surface area contributed by atoms with Crippen molar-refractivity contribution in [1.82, 2.24) is 9.47 Å². The molecule has 1 aromatic carbocycles. The summed E-state index contributed by atoms with van der Waals surface area (Å²) in [7, 11) is 0. The monoisotopic (exact) mass is 395 g/mol. The summed E-state index contributed by atoms with van der Waals surface area (Å²) in [6.45, 7) is 3.64. The zero-order valence-corrected chi connectivity index (χ0v) is 16.5. The summed E-state index contributed by atoms with van der Waals surface area (Å²) < 4.78 is 12.7. The number of amides is 2. The molecule has 0 spiro atoms. The van der Waals surface area contributed by atoms with Crippen LogP contribution in [-0.4, -0.2) is 35.4 Å². The molecule has 5 rings (SSSR count). The molecular weight excluding hydrogens is 370 g/mol. The van der Waals surface area contributed by atoms with Gasteiger partial charge >= 0.3 is 6.03 Å². The number of aromatic nitrogens is 1. The van der Waals surface area contributed by atoms with Gasteiger partial charge in [0.25, 0.3) is 5.56 Å². The topological polar surface area (TPSA) is 72.8 Å². The van der Waals surface area contributed by atoms with Crippen molar-refractivity contribution in [1.29, 1.82) is 0 Å². The van der Waals surface area contributed by atoms with E-state index in [1.54, 1.807) is 12.1 Å². The zero-order valence-electron chi connectivity index (χ0n) is 16.5. The third kappa shape index (κ3) is 3.14. The van der Waals surface area contributed by atoms with E-state index in [-0.39, 0.29) is 30.3 Å². The Morgan fingerprint density at radius 1 is 1.17 bits per heavy atom. The van der Waals surface area contributed by atoms with E-state index >= 15 is 0 Å². The number of anilines is 1. The molecule has 0 aliphatic carbocycles. The largest absolute Gasteiger partial charge is 0.454 e. The molecular formula is C22H25N3O4. The summed E-state index contributed by atoms with van der Waals surface area (Å²) in [5, 5.41) is 3.00. The number of rotatable bonds is 3. The Kier molecular flexibility index (Phi) is 4.45. The normalized spacial score (nSPS) is 24.2. The lowest BCUT2D eigenvalue weighted by atomic mass is 9.77. The van der Waals surface area contributed by atoms with Gasteiger partial charge in [-0.05, 0) is 37.0 Å². The molecule has 0 unspecified atom stereocenters. The van der Waals surface area contributed by atoms with Crippen LogP contribution in [-0.2, 0) is 0 Å². The van der Waals surface area contributed by atoms with Crippen molar-refractivity contribution in [3.8, 4) is 11.5 Å². The summed E-state index contributed by atoms with van der Waals surface area (Å²) in [5.74, 6) is 1.83. The van der Waals surface area contributed by atoms with E-state index in [4.69, 9.17) is 9.47 Å². The molecule has 7 heteroatoms. The van der Waals surface area contributed by atoms with Crippen LogP contribution in [0.4, 0.5) is 10.5 Å². The molecule has 3 aliphatic rings. The van der Waals surface area contributed by atoms with Gasteiger partial charge in [0, 0.05) is 48.6 Å². The third-order valence-electron chi connectivity index (χ3n) is 6.29. The number of nitrogens with one attached hydrogen (secondary N) is 1. The van der Waals surface area contributed by atoms with E-state index in [9.17, 15) is 9.59 Å². The first kappa shape index (κ1) is 18.1. The van der Waals surface area contributed by atoms with Crippen LogP contribution in [0, 0.1) is 5.92 Å². The first-order valence-electron chi connectivity index (χ1n) is 10.3. The number of pyridine rings is 1. The van der Waals surface area contributed by atoms with Crippen LogP contribution in [0.1, 0.15) is 43.8 Å². The number of piperidine rings is 1. The molecule has 2 bridgehead atoms. The first-order valence-corrected chi connectivity index (χ1v) is 10.3. The predicted octanol–water partition coefficient (Wildman–Crippen LogP) is 3.57. The molecule has 2 amide bonds. The van der Waals surface area contributed by atoms with E-state index in [2.05, 4.69) is 12.2 Å². The SMILES string of the molecule is CCC[C@H]1[C@H]2C[C@H](CN(C(=O)Nc3ccc4c(c3)OCO4)C2)c2cccc(=O)n21. The maximum atomic E-state index is 13.0. The molecule has 1 fully saturated rings. The lowest BCUT2D eigenvalue weighted by molar-refractivity contribution is 0.108. The summed E-state index contributed by atoms with van der Waals surface area (Å²) in [5.41, 5.74) is 1.83. The lowest BCUT2D eigenvalue weighted by Crippen LogP contribution is -2.52. The molecule has 1 N–H and O–H groups in total. The zero-order chi connectivity index (χ0) is 20.0. The molecule has 3 atom stereocenters. The number of fused-ring (bicyclic) bond motifs is 5. The van der Waals surface area contributed by atoms with E-state index in [0.29, 0.717) is 36.2 Å². The Hall–Kier alpha value is -2.96. The molecule has 0 radical (unpaired) electrons. The maximum absolute atomic E-state index is 13.0. The van der Waals surface area contributed by atoms with Crippen molar-refractivity contribution in [2.24, 2.45) is 5.92 Å². The average molecular weight is 395 g/mol. The summed E-state index contributed by atoms with van der Waals surface area (Å²) in [6.07, 6.45) is 2.99. The van der Waals surface area contributed by atoms with Gasteiger partial charge in [-0.2, -0.15) is 0 Å². The maximum Gasteiger partial charge on any atom is 0.321 e. The molecule has 7 nitrogen and oxygen atoms in total. The van der Waals surface area contributed by atoms with Crippen molar-refractivity contribution < 1.29 is 14.3 Å². The minimum absolute atomic E-state index is 0.0777. The predicted molar refractivity (Wildman–Crippen MR) is 109 cm³/mol. The van der Waals surface area contributed by atoms with E-state index in [0.717, 1.165) is 25.0 Å². The fraction of sp³-hybridized carbons (Fsp3) is 0.455. The average Bonchev–Trinajstić information content (AvgIpc) is 3.19. The van der Waals surface area contributed by atoms with Gasteiger partial charge in [0.05, 0.1) is 0 Å². The van der Waals surface area contributed by atoms with Crippen LogP contribution in [0.5, 0.6) is 11.5 Å². The number of hydrogen-bond donors (Lipinski definition) is 1. The van der Waals surface area contributed by atoms with Crippen molar-refractivity contribution in [3.05, 3.63) is 52.4 Å². The molecule has 29 heavy (non-hydrogen) atoms. The highest BCUT2D eigenvalue weighted by Gasteiger charge is 2.41. The fourth-order valence-electron chi connectivity index (χ4n) is 5.05. The Bertz CT molecular complexity index is 1000. The highest BCUT2D eigenvalue weighted by molar-refractivity contribution is 5.90.